The number of esters is 1. The summed E-state index contributed by atoms with van der Waals surface area (Å²) in [5.41, 5.74) is 1.83. The molecule has 2 rings (SSSR count). The summed E-state index contributed by atoms with van der Waals surface area (Å²) in [6.45, 7) is 1.97. The maximum Gasteiger partial charge on any atom is 0.337 e. The molecule has 0 aromatic heterocycles. The van der Waals surface area contributed by atoms with Crippen molar-refractivity contribution >= 4 is 11.9 Å². The molecule has 0 heterocycles. The first-order chi connectivity index (χ1) is 12.0. The molecular formula is C19H18N2O4. The second-order valence-electron chi connectivity index (χ2n) is 5.30. The van der Waals surface area contributed by atoms with Gasteiger partial charge in [0.25, 0.3) is 5.91 Å². The Labute approximate surface area is 146 Å². The number of amides is 1. The number of hydrogen-bond acceptors (Lipinski definition) is 5. The zero-order valence-corrected chi connectivity index (χ0v) is 14.0. The van der Waals surface area contributed by atoms with Gasteiger partial charge in [0, 0.05) is 6.54 Å². The molecule has 1 amide bonds. The molecule has 0 aliphatic rings. The first-order valence-corrected chi connectivity index (χ1v) is 7.65. The molecule has 0 aliphatic carbocycles. The average Bonchev–Trinajstić information content (AvgIpc) is 2.66. The van der Waals surface area contributed by atoms with Crippen LogP contribution in [0, 0.1) is 11.3 Å². The second kappa shape index (κ2) is 8.50. The number of carbonyl (C=O) groups is 2. The average molecular weight is 338 g/mol. The molecule has 1 atom stereocenters. The van der Waals surface area contributed by atoms with Crippen LogP contribution in [0.25, 0.3) is 0 Å². The number of methoxy groups -OCH3 is 1. The Morgan fingerprint density at radius 2 is 1.76 bits per heavy atom. The zero-order valence-electron chi connectivity index (χ0n) is 14.0. The maximum atomic E-state index is 12.1. The van der Waals surface area contributed by atoms with Gasteiger partial charge in [-0.05, 0) is 48.9 Å². The maximum absolute atomic E-state index is 12.1. The van der Waals surface area contributed by atoms with Gasteiger partial charge in [-0.25, -0.2) is 4.79 Å². The predicted octanol–water partition coefficient (Wildman–Crippen LogP) is 2.43. The van der Waals surface area contributed by atoms with Crippen LogP contribution in [0.5, 0.6) is 5.75 Å². The molecule has 0 radical (unpaired) electrons. The Balaban J connectivity index is 1.86. The summed E-state index contributed by atoms with van der Waals surface area (Å²) >= 11 is 0. The number of ether oxygens (including phenoxy) is 2. The van der Waals surface area contributed by atoms with E-state index in [0.717, 1.165) is 5.56 Å². The highest BCUT2D eigenvalue weighted by Crippen LogP contribution is 2.13. The SMILES string of the molecule is COC(=O)c1ccc(CNC(=O)C(C)Oc2ccc(C#N)cc2)cc1. The lowest BCUT2D eigenvalue weighted by Crippen LogP contribution is -2.35. The van der Waals surface area contributed by atoms with E-state index in [4.69, 9.17) is 10.00 Å². The first kappa shape index (κ1) is 18.0. The van der Waals surface area contributed by atoms with Crippen molar-refractivity contribution < 1.29 is 19.1 Å². The molecule has 2 aromatic carbocycles. The molecule has 0 spiro atoms. The van der Waals surface area contributed by atoms with Crippen molar-refractivity contribution in [3.8, 4) is 11.8 Å². The largest absolute Gasteiger partial charge is 0.481 e. The van der Waals surface area contributed by atoms with Crippen molar-refractivity contribution in [1.82, 2.24) is 5.32 Å². The summed E-state index contributed by atoms with van der Waals surface area (Å²) in [4.78, 5) is 23.5. The highest BCUT2D eigenvalue weighted by Gasteiger charge is 2.14. The van der Waals surface area contributed by atoms with E-state index in [0.29, 0.717) is 23.4 Å². The van der Waals surface area contributed by atoms with Gasteiger partial charge in [-0.3, -0.25) is 4.79 Å². The Morgan fingerprint density at radius 3 is 2.32 bits per heavy atom. The van der Waals surface area contributed by atoms with Crippen molar-refractivity contribution in [3.63, 3.8) is 0 Å². The van der Waals surface area contributed by atoms with Crippen molar-refractivity contribution in [2.24, 2.45) is 0 Å². The number of hydrogen-bond donors (Lipinski definition) is 1. The number of carbonyl (C=O) groups excluding carboxylic acids is 2. The van der Waals surface area contributed by atoms with Gasteiger partial charge in [-0.1, -0.05) is 12.1 Å². The minimum atomic E-state index is -0.678. The van der Waals surface area contributed by atoms with Gasteiger partial charge in [0.1, 0.15) is 5.75 Å². The fourth-order valence-electron chi connectivity index (χ4n) is 2.08. The molecule has 0 saturated carbocycles. The van der Waals surface area contributed by atoms with E-state index in [1.807, 2.05) is 6.07 Å². The molecule has 128 valence electrons. The minimum Gasteiger partial charge on any atom is -0.481 e. The summed E-state index contributed by atoms with van der Waals surface area (Å²) in [6.07, 6.45) is -0.678. The molecular weight excluding hydrogens is 320 g/mol. The molecule has 0 saturated heterocycles. The van der Waals surface area contributed by atoms with E-state index in [1.54, 1.807) is 55.5 Å². The van der Waals surface area contributed by atoms with Gasteiger partial charge in [-0.2, -0.15) is 5.26 Å². The van der Waals surface area contributed by atoms with Crippen LogP contribution >= 0.6 is 0 Å². The fraction of sp³-hybridized carbons (Fsp3) is 0.211. The highest BCUT2D eigenvalue weighted by molar-refractivity contribution is 5.89. The van der Waals surface area contributed by atoms with Crippen LogP contribution in [0.3, 0.4) is 0 Å². The zero-order chi connectivity index (χ0) is 18.2. The normalized spacial score (nSPS) is 11.1. The topological polar surface area (TPSA) is 88.4 Å². The van der Waals surface area contributed by atoms with E-state index in [9.17, 15) is 9.59 Å². The van der Waals surface area contributed by atoms with Gasteiger partial charge < -0.3 is 14.8 Å². The second-order valence-corrected chi connectivity index (χ2v) is 5.30. The van der Waals surface area contributed by atoms with Crippen molar-refractivity contribution in [2.75, 3.05) is 7.11 Å². The standard InChI is InChI=1S/C19H18N2O4/c1-13(25-17-9-5-14(11-20)6-10-17)18(22)21-12-15-3-7-16(8-4-15)19(23)24-2/h3-10,13H,12H2,1-2H3,(H,21,22). The highest BCUT2D eigenvalue weighted by atomic mass is 16.5. The fourth-order valence-corrected chi connectivity index (χ4v) is 2.08. The molecule has 0 bridgehead atoms. The van der Waals surface area contributed by atoms with Crippen LogP contribution in [-0.4, -0.2) is 25.1 Å². The Kier molecular flexibility index (Phi) is 6.13. The van der Waals surface area contributed by atoms with Crippen LogP contribution in [0.15, 0.2) is 48.5 Å². The molecule has 0 fully saturated rings. The summed E-state index contributed by atoms with van der Waals surface area (Å²) in [6, 6.07) is 15.4. The van der Waals surface area contributed by atoms with Gasteiger partial charge in [0.2, 0.25) is 0 Å². The van der Waals surface area contributed by atoms with Gasteiger partial charge in [-0.15, -0.1) is 0 Å². The molecule has 6 heteroatoms. The van der Waals surface area contributed by atoms with E-state index in [-0.39, 0.29) is 5.91 Å². The van der Waals surface area contributed by atoms with Gasteiger partial charge in [0.15, 0.2) is 6.10 Å². The smallest absolute Gasteiger partial charge is 0.337 e. The molecule has 1 N–H and O–H groups in total. The Morgan fingerprint density at radius 1 is 1.12 bits per heavy atom. The third-order valence-electron chi connectivity index (χ3n) is 3.51. The summed E-state index contributed by atoms with van der Waals surface area (Å²) in [7, 11) is 1.33. The quantitative estimate of drug-likeness (QED) is 0.817. The van der Waals surface area contributed by atoms with E-state index in [1.165, 1.54) is 7.11 Å². The molecule has 0 aliphatic heterocycles. The predicted molar refractivity (Wildman–Crippen MR) is 90.9 cm³/mol. The monoisotopic (exact) mass is 338 g/mol. The summed E-state index contributed by atoms with van der Waals surface area (Å²) in [5, 5.41) is 11.5. The first-order valence-electron chi connectivity index (χ1n) is 7.65. The number of nitrogens with zero attached hydrogens (tertiary/aromatic N) is 1. The Hall–Kier alpha value is -3.33. The third kappa shape index (κ3) is 5.08. The van der Waals surface area contributed by atoms with Gasteiger partial charge in [0.05, 0.1) is 24.3 Å². The molecule has 25 heavy (non-hydrogen) atoms. The van der Waals surface area contributed by atoms with Gasteiger partial charge >= 0.3 is 5.97 Å². The number of benzene rings is 2. The van der Waals surface area contributed by atoms with Crippen LogP contribution in [0.4, 0.5) is 0 Å². The lowest BCUT2D eigenvalue weighted by atomic mass is 10.1. The van der Waals surface area contributed by atoms with E-state index < -0.39 is 12.1 Å². The Bertz CT molecular complexity index is 777. The summed E-state index contributed by atoms with van der Waals surface area (Å²) in [5.74, 6) is -0.148. The van der Waals surface area contributed by atoms with Crippen LogP contribution in [-0.2, 0) is 16.1 Å². The molecule has 6 nitrogen and oxygen atoms in total. The van der Waals surface area contributed by atoms with Crippen LogP contribution in [0.1, 0.15) is 28.4 Å². The number of nitrogens with one attached hydrogen (secondary N) is 1. The van der Waals surface area contributed by atoms with Crippen LogP contribution < -0.4 is 10.1 Å². The number of rotatable bonds is 6. The van der Waals surface area contributed by atoms with Crippen molar-refractivity contribution in [3.05, 3.63) is 65.2 Å². The number of nitriles is 1. The minimum absolute atomic E-state index is 0.263. The van der Waals surface area contributed by atoms with E-state index >= 15 is 0 Å². The lowest BCUT2D eigenvalue weighted by Gasteiger charge is -2.15. The van der Waals surface area contributed by atoms with Crippen molar-refractivity contribution in [2.45, 2.75) is 19.6 Å². The molecule has 1 unspecified atom stereocenters. The van der Waals surface area contributed by atoms with E-state index in [2.05, 4.69) is 10.1 Å². The third-order valence-corrected chi connectivity index (χ3v) is 3.51. The van der Waals surface area contributed by atoms with Crippen molar-refractivity contribution in [1.29, 1.82) is 5.26 Å². The summed E-state index contributed by atoms with van der Waals surface area (Å²) < 4.78 is 10.2. The lowest BCUT2D eigenvalue weighted by molar-refractivity contribution is -0.127. The van der Waals surface area contributed by atoms with Crippen LogP contribution in [0.2, 0.25) is 0 Å². The molecule has 2 aromatic rings.